The maximum atomic E-state index is 12.0. The summed E-state index contributed by atoms with van der Waals surface area (Å²) in [5.41, 5.74) is 1.26. The van der Waals surface area contributed by atoms with Gasteiger partial charge in [0, 0.05) is 38.1 Å². The van der Waals surface area contributed by atoms with Gasteiger partial charge in [0.1, 0.15) is 5.82 Å². The van der Waals surface area contributed by atoms with E-state index in [0.717, 1.165) is 62.8 Å². The maximum absolute atomic E-state index is 12.0. The van der Waals surface area contributed by atoms with Crippen molar-refractivity contribution >= 4 is 18.1 Å². The highest BCUT2D eigenvalue weighted by Gasteiger charge is 2.31. The number of nitrogens with zero attached hydrogens (tertiary/aromatic N) is 5. The van der Waals surface area contributed by atoms with Crippen LogP contribution in [0.4, 0.5) is 0 Å². The van der Waals surface area contributed by atoms with Gasteiger partial charge in [-0.1, -0.05) is 30.3 Å². The molecule has 0 bridgehead atoms. The van der Waals surface area contributed by atoms with Crippen LogP contribution in [0.15, 0.2) is 30.3 Å². The van der Waals surface area contributed by atoms with Crippen LogP contribution in [0.2, 0.25) is 0 Å². The number of hydrogen-bond donors (Lipinski definition) is 1. The summed E-state index contributed by atoms with van der Waals surface area (Å²) in [4.78, 5) is 16.7. The largest absolute Gasteiger partial charge is 0.352 e. The van der Waals surface area contributed by atoms with Crippen molar-refractivity contribution < 1.29 is 4.79 Å². The van der Waals surface area contributed by atoms with E-state index in [-0.39, 0.29) is 5.91 Å². The third kappa shape index (κ3) is 4.82. The van der Waals surface area contributed by atoms with Crippen LogP contribution in [-0.4, -0.2) is 68.8 Å². The number of hydrogen-bond acceptors (Lipinski definition) is 5. The van der Waals surface area contributed by atoms with Crippen LogP contribution in [0.5, 0.6) is 0 Å². The number of carbonyl (C=O) groups is 1. The van der Waals surface area contributed by atoms with E-state index in [2.05, 4.69) is 43.9 Å². The third-order valence-corrected chi connectivity index (χ3v) is 6.62. The average molecular weight is 427 g/mol. The van der Waals surface area contributed by atoms with E-state index in [4.69, 9.17) is 17.3 Å². The van der Waals surface area contributed by atoms with Crippen molar-refractivity contribution in [2.45, 2.75) is 50.9 Å². The molecule has 1 N–H and O–H groups in total. The molecule has 7 nitrogen and oxygen atoms in total. The van der Waals surface area contributed by atoms with Crippen molar-refractivity contribution in [3.05, 3.63) is 46.5 Å². The minimum atomic E-state index is 0.168. The summed E-state index contributed by atoms with van der Waals surface area (Å²) in [5, 5.41) is 8.01. The first-order valence-corrected chi connectivity index (χ1v) is 11.5. The van der Waals surface area contributed by atoms with Gasteiger partial charge >= 0.3 is 0 Å². The topological polar surface area (TPSA) is 58.3 Å². The molecule has 8 heteroatoms. The standard InChI is InChI=1S/C22H30N6OS/c29-20(23-19-8-9-19)15-25-10-12-26(13-11-25)16-28-22(30)27(21(24-28)18-6-7-18)14-17-4-2-1-3-5-17/h1-5,18-19H,6-16H2,(H,23,29). The van der Waals surface area contributed by atoms with E-state index in [1.165, 1.54) is 18.4 Å². The van der Waals surface area contributed by atoms with Gasteiger partial charge < -0.3 is 5.32 Å². The summed E-state index contributed by atoms with van der Waals surface area (Å²) in [6.45, 7) is 5.71. The first-order valence-electron chi connectivity index (χ1n) is 11.1. The third-order valence-electron chi connectivity index (χ3n) is 6.19. The van der Waals surface area contributed by atoms with Crippen LogP contribution >= 0.6 is 12.2 Å². The highest BCUT2D eigenvalue weighted by Crippen LogP contribution is 2.39. The molecule has 0 unspecified atom stereocenters. The molecule has 0 radical (unpaired) electrons. The van der Waals surface area contributed by atoms with Crippen molar-refractivity contribution in [2.75, 3.05) is 32.7 Å². The quantitative estimate of drug-likeness (QED) is 0.656. The molecule has 1 aromatic carbocycles. The van der Waals surface area contributed by atoms with Crippen molar-refractivity contribution in [1.29, 1.82) is 0 Å². The van der Waals surface area contributed by atoms with Crippen LogP contribution in [0.3, 0.4) is 0 Å². The summed E-state index contributed by atoms with van der Waals surface area (Å²) in [6.07, 6.45) is 4.70. The summed E-state index contributed by atoms with van der Waals surface area (Å²) >= 11 is 5.83. The highest BCUT2D eigenvalue weighted by molar-refractivity contribution is 7.71. The fraction of sp³-hybridized carbons (Fsp3) is 0.591. The van der Waals surface area contributed by atoms with E-state index in [1.807, 2.05) is 10.7 Å². The van der Waals surface area contributed by atoms with Gasteiger partial charge in [0.25, 0.3) is 0 Å². The van der Waals surface area contributed by atoms with Crippen molar-refractivity contribution in [2.24, 2.45) is 0 Å². The fourth-order valence-corrected chi connectivity index (χ4v) is 4.35. The minimum Gasteiger partial charge on any atom is -0.352 e. The molecule has 1 saturated heterocycles. The lowest BCUT2D eigenvalue weighted by Gasteiger charge is -2.33. The second kappa shape index (κ2) is 8.61. The molecule has 5 rings (SSSR count). The Morgan fingerprint density at radius 1 is 1.03 bits per heavy atom. The summed E-state index contributed by atoms with van der Waals surface area (Å²) in [7, 11) is 0. The Morgan fingerprint density at radius 2 is 1.73 bits per heavy atom. The number of nitrogens with one attached hydrogen (secondary N) is 1. The minimum absolute atomic E-state index is 0.168. The molecule has 160 valence electrons. The van der Waals surface area contributed by atoms with Crippen molar-refractivity contribution in [3.63, 3.8) is 0 Å². The van der Waals surface area contributed by atoms with E-state index in [9.17, 15) is 4.79 Å². The monoisotopic (exact) mass is 426 g/mol. The van der Waals surface area contributed by atoms with Crippen molar-refractivity contribution in [1.82, 2.24) is 29.5 Å². The lowest BCUT2D eigenvalue weighted by molar-refractivity contribution is -0.122. The zero-order valence-electron chi connectivity index (χ0n) is 17.4. The van der Waals surface area contributed by atoms with Gasteiger partial charge in [0.2, 0.25) is 5.91 Å². The zero-order chi connectivity index (χ0) is 20.5. The molecule has 1 aliphatic heterocycles. The molecule has 30 heavy (non-hydrogen) atoms. The van der Waals surface area contributed by atoms with E-state index >= 15 is 0 Å². The second-order valence-corrected chi connectivity index (χ2v) is 9.23. The molecule has 2 saturated carbocycles. The first-order chi connectivity index (χ1) is 14.7. The van der Waals surface area contributed by atoms with Crippen LogP contribution in [0, 0.1) is 4.77 Å². The molecule has 3 fully saturated rings. The van der Waals surface area contributed by atoms with E-state index in [0.29, 0.717) is 18.5 Å². The summed E-state index contributed by atoms with van der Waals surface area (Å²) < 4.78 is 5.04. The van der Waals surface area contributed by atoms with Gasteiger partial charge in [0.15, 0.2) is 4.77 Å². The Morgan fingerprint density at radius 3 is 2.40 bits per heavy atom. The van der Waals surface area contributed by atoms with Gasteiger partial charge in [-0.2, -0.15) is 5.10 Å². The molecular formula is C22H30N6OS. The number of amides is 1. The number of carbonyl (C=O) groups excluding carboxylic acids is 1. The Hall–Kier alpha value is -2.03. The molecule has 2 aliphatic carbocycles. The lowest BCUT2D eigenvalue weighted by Crippen LogP contribution is -2.49. The SMILES string of the molecule is O=C(CN1CCN(Cn2nc(C3CC3)n(Cc3ccccc3)c2=S)CC1)NC1CC1. The molecule has 1 aromatic heterocycles. The fourth-order valence-electron chi connectivity index (χ4n) is 4.09. The Bertz CT molecular complexity index is 938. The Labute approximate surface area is 182 Å². The summed E-state index contributed by atoms with van der Waals surface area (Å²) in [6, 6.07) is 10.9. The predicted octanol–water partition coefficient (Wildman–Crippen LogP) is 2.19. The van der Waals surface area contributed by atoms with Gasteiger partial charge in [-0.05, 0) is 43.5 Å². The normalized spacial score (nSPS) is 20.4. The molecule has 1 amide bonds. The van der Waals surface area contributed by atoms with Gasteiger partial charge in [0.05, 0.1) is 19.8 Å². The van der Waals surface area contributed by atoms with Crippen LogP contribution in [0.25, 0.3) is 0 Å². The first kappa shape index (κ1) is 19.9. The molecule has 2 heterocycles. The van der Waals surface area contributed by atoms with E-state index < -0.39 is 0 Å². The Kier molecular flexibility index (Phi) is 5.71. The molecule has 0 spiro atoms. The van der Waals surface area contributed by atoms with Crippen molar-refractivity contribution in [3.8, 4) is 0 Å². The summed E-state index contributed by atoms with van der Waals surface area (Å²) in [5.74, 6) is 1.86. The highest BCUT2D eigenvalue weighted by atomic mass is 32.1. The number of benzene rings is 1. The smallest absolute Gasteiger partial charge is 0.234 e. The number of rotatable bonds is 8. The van der Waals surface area contributed by atoms with Gasteiger partial charge in [-0.15, -0.1) is 0 Å². The van der Waals surface area contributed by atoms with Crippen LogP contribution < -0.4 is 5.32 Å². The molecular weight excluding hydrogens is 396 g/mol. The van der Waals surface area contributed by atoms with Crippen LogP contribution in [0.1, 0.15) is 43.0 Å². The van der Waals surface area contributed by atoms with Gasteiger partial charge in [-0.25, -0.2) is 4.68 Å². The predicted molar refractivity (Wildman–Crippen MR) is 118 cm³/mol. The lowest BCUT2D eigenvalue weighted by atomic mass is 10.2. The van der Waals surface area contributed by atoms with Crippen LogP contribution in [-0.2, 0) is 18.0 Å². The molecule has 0 atom stereocenters. The molecule has 2 aromatic rings. The maximum Gasteiger partial charge on any atom is 0.234 e. The number of aromatic nitrogens is 3. The zero-order valence-corrected chi connectivity index (χ0v) is 18.2. The average Bonchev–Trinajstić information content (AvgIpc) is 3.67. The Balaban J connectivity index is 1.20. The second-order valence-electron chi connectivity index (χ2n) is 8.86. The van der Waals surface area contributed by atoms with E-state index in [1.54, 1.807) is 0 Å². The molecule has 3 aliphatic rings. The van der Waals surface area contributed by atoms with Gasteiger partial charge in [-0.3, -0.25) is 19.2 Å². The number of piperazine rings is 1.